The summed E-state index contributed by atoms with van der Waals surface area (Å²) in [5, 5.41) is 8.34. The van der Waals surface area contributed by atoms with Gasteiger partial charge < -0.3 is 9.84 Å². The highest BCUT2D eigenvalue weighted by Gasteiger charge is 2.14. The summed E-state index contributed by atoms with van der Waals surface area (Å²) in [6, 6.07) is 0. The Morgan fingerprint density at radius 2 is 2.00 bits per heavy atom. The molecular formula is C10H17NO4. The van der Waals surface area contributed by atoms with E-state index in [2.05, 4.69) is 4.99 Å². The summed E-state index contributed by atoms with van der Waals surface area (Å²) in [6.07, 6.45) is 1.77. The lowest BCUT2D eigenvalue weighted by Crippen LogP contribution is -2.21. The predicted molar refractivity (Wildman–Crippen MR) is 56.2 cm³/mol. The second-order valence-electron chi connectivity index (χ2n) is 4.08. The minimum atomic E-state index is -0.847. The van der Waals surface area contributed by atoms with E-state index in [9.17, 15) is 9.59 Å². The number of ether oxygens (including phenoxy) is 1. The standard InChI is InChI=1S/C10H17NO4/c1-10(2,3)15-9(14)11-7-5-4-6-8(12)13/h7H,4-6H2,1-3H3,(H,12,13). The van der Waals surface area contributed by atoms with Crippen molar-refractivity contribution in [3.63, 3.8) is 0 Å². The molecule has 0 aromatic carbocycles. The molecule has 0 atom stereocenters. The summed E-state index contributed by atoms with van der Waals surface area (Å²) >= 11 is 0. The van der Waals surface area contributed by atoms with Crippen molar-refractivity contribution in [2.75, 3.05) is 0 Å². The van der Waals surface area contributed by atoms with Gasteiger partial charge in [0.15, 0.2) is 0 Å². The van der Waals surface area contributed by atoms with Crippen LogP contribution in [0, 0.1) is 0 Å². The quantitative estimate of drug-likeness (QED) is 0.576. The Morgan fingerprint density at radius 1 is 1.40 bits per heavy atom. The average molecular weight is 215 g/mol. The Balaban J connectivity index is 3.69. The first kappa shape index (κ1) is 13.6. The molecule has 0 bridgehead atoms. The summed E-state index contributed by atoms with van der Waals surface area (Å²) in [7, 11) is 0. The second kappa shape index (κ2) is 6.16. The van der Waals surface area contributed by atoms with Gasteiger partial charge in [-0.3, -0.25) is 4.79 Å². The number of aliphatic carboxylic acids is 1. The lowest BCUT2D eigenvalue weighted by Gasteiger charge is -2.16. The highest BCUT2D eigenvalue weighted by Crippen LogP contribution is 2.07. The zero-order valence-electron chi connectivity index (χ0n) is 9.32. The Bertz CT molecular complexity index is 253. The molecule has 0 aromatic heterocycles. The monoisotopic (exact) mass is 215 g/mol. The lowest BCUT2D eigenvalue weighted by molar-refractivity contribution is -0.137. The van der Waals surface area contributed by atoms with Gasteiger partial charge in [-0.15, -0.1) is 0 Å². The molecule has 0 aromatic rings. The van der Waals surface area contributed by atoms with Gasteiger partial charge >= 0.3 is 12.1 Å². The van der Waals surface area contributed by atoms with Crippen LogP contribution >= 0.6 is 0 Å². The van der Waals surface area contributed by atoms with Crippen molar-refractivity contribution in [3.8, 4) is 0 Å². The van der Waals surface area contributed by atoms with Crippen molar-refractivity contribution in [1.82, 2.24) is 0 Å². The van der Waals surface area contributed by atoms with Crippen molar-refractivity contribution in [2.45, 2.75) is 45.6 Å². The molecule has 0 rings (SSSR count). The van der Waals surface area contributed by atoms with Crippen molar-refractivity contribution in [1.29, 1.82) is 0 Å². The zero-order valence-corrected chi connectivity index (χ0v) is 9.32. The highest BCUT2D eigenvalue weighted by molar-refractivity contribution is 5.79. The van der Waals surface area contributed by atoms with E-state index in [-0.39, 0.29) is 6.42 Å². The average Bonchev–Trinajstić information content (AvgIpc) is 1.99. The number of hydrogen-bond acceptors (Lipinski definition) is 3. The summed E-state index contributed by atoms with van der Waals surface area (Å²) < 4.78 is 4.91. The van der Waals surface area contributed by atoms with E-state index in [1.165, 1.54) is 6.21 Å². The molecule has 0 heterocycles. The van der Waals surface area contributed by atoms with Gasteiger partial charge in [-0.1, -0.05) is 0 Å². The Labute approximate surface area is 89.1 Å². The highest BCUT2D eigenvalue weighted by atomic mass is 16.6. The van der Waals surface area contributed by atoms with Crippen LogP contribution in [0.3, 0.4) is 0 Å². The molecule has 1 amide bonds. The molecule has 0 aliphatic carbocycles. The normalized spacial score (nSPS) is 11.7. The van der Waals surface area contributed by atoms with E-state index in [0.717, 1.165) is 0 Å². The predicted octanol–water partition coefficient (Wildman–Crippen LogP) is 2.25. The fourth-order valence-electron chi connectivity index (χ4n) is 0.772. The van der Waals surface area contributed by atoms with Crippen LogP contribution in [0.4, 0.5) is 4.79 Å². The number of hydrogen-bond donors (Lipinski definition) is 1. The minimum Gasteiger partial charge on any atom is -0.481 e. The van der Waals surface area contributed by atoms with E-state index in [4.69, 9.17) is 9.84 Å². The number of amides is 1. The third kappa shape index (κ3) is 10.5. The van der Waals surface area contributed by atoms with E-state index in [1.807, 2.05) is 0 Å². The van der Waals surface area contributed by atoms with Gasteiger partial charge in [0.05, 0.1) is 0 Å². The Kier molecular flexibility index (Phi) is 5.59. The fourth-order valence-corrected chi connectivity index (χ4v) is 0.772. The molecule has 5 nitrogen and oxygen atoms in total. The minimum absolute atomic E-state index is 0.0837. The van der Waals surface area contributed by atoms with Gasteiger partial charge in [-0.2, -0.15) is 4.99 Å². The SMILES string of the molecule is CC(C)(C)OC(=O)N=CCCCC(=O)O. The number of aliphatic imine (C=N–C) groups is 1. The second-order valence-corrected chi connectivity index (χ2v) is 4.08. The van der Waals surface area contributed by atoms with E-state index < -0.39 is 17.7 Å². The molecule has 0 saturated heterocycles. The molecule has 0 spiro atoms. The van der Waals surface area contributed by atoms with Gasteiger partial charge in [0.1, 0.15) is 5.60 Å². The Hall–Kier alpha value is -1.39. The first-order chi connectivity index (χ1) is 6.81. The first-order valence-electron chi connectivity index (χ1n) is 4.78. The molecule has 0 unspecified atom stereocenters. The molecule has 86 valence electrons. The number of unbranched alkanes of at least 4 members (excludes halogenated alkanes) is 1. The van der Waals surface area contributed by atoms with Crippen LogP contribution in [0.15, 0.2) is 4.99 Å². The molecule has 15 heavy (non-hydrogen) atoms. The van der Waals surface area contributed by atoms with Crippen LogP contribution in [0.5, 0.6) is 0 Å². The van der Waals surface area contributed by atoms with Gasteiger partial charge in [0.25, 0.3) is 0 Å². The van der Waals surface area contributed by atoms with Crippen LogP contribution in [-0.2, 0) is 9.53 Å². The maximum atomic E-state index is 11.0. The number of carboxylic acid groups (broad SMARTS) is 1. The molecule has 0 fully saturated rings. The molecule has 0 saturated carbocycles. The third-order valence-corrected chi connectivity index (χ3v) is 1.31. The summed E-state index contributed by atoms with van der Waals surface area (Å²) in [4.78, 5) is 24.7. The molecule has 1 N–H and O–H groups in total. The number of carboxylic acids is 1. The fraction of sp³-hybridized carbons (Fsp3) is 0.700. The van der Waals surface area contributed by atoms with Gasteiger partial charge in [-0.25, -0.2) is 4.79 Å². The van der Waals surface area contributed by atoms with E-state index >= 15 is 0 Å². The van der Waals surface area contributed by atoms with Crippen LogP contribution in [-0.4, -0.2) is 29.0 Å². The van der Waals surface area contributed by atoms with Crippen LogP contribution in [0.1, 0.15) is 40.0 Å². The van der Waals surface area contributed by atoms with Crippen molar-refractivity contribution < 1.29 is 19.4 Å². The number of nitrogens with zero attached hydrogens (tertiary/aromatic N) is 1. The maximum absolute atomic E-state index is 11.0. The van der Waals surface area contributed by atoms with Crippen molar-refractivity contribution in [3.05, 3.63) is 0 Å². The van der Waals surface area contributed by atoms with Gasteiger partial charge in [-0.05, 0) is 33.6 Å². The topological polar surface area (TPSA) is 76.0 Å². The zero-order chi connectivity index (χ0) is 11.9. The van der Waals surface area contributed by atoms with Crippen LogP contribution < -0.4 is 0 Å². The molecule has 0 aliphatic rings. The third-order valence-electron chi connectivity index (χ3n) is 1.31. The molecule has 0 aliphatic heterocycles. The van der Waals surface area contributed by atoms with E-state index in [1.54, 1.807) is 20.8 Å². The van der Waals surface area contributed by atoms with Crippen molar-refractivity contribution in [2.24, 2.45) is 4.99 Å². The number of carbonyl (C=O) groups excluding carboxylic acids is 1. The van der Waals surface area contributed by atoms with E-state index in [0.29, 0.717) is 12.8 Å². The van der Waals surface area contributed by atoms with Gasteiger partial charge in [0, 0.05) is 12.6 Å². The Morgan fingerprint density at radius 3 is 2.47 bits per heavy atom. The molecule has 5 heteroatoms. The van der Waals surface area contributed by atoms with Crippen LogP contribution in [0.2, 0.25) is 0 Å². The molecule has 0 radical (unpaired) electrons. The smallest absolute Gasteiger partial charge is 0.433 e. The number of carbonyl (C=O) groups is 2. The van der Waals surface area contributed by atoms with Crippen molar-refractivity contribution >= 4 is 18.3 Å². The largest absolute Gasteiger partial charge is 0.481 e. The summed E-state index contributed by atoms with van der Waals surface area (Å²) in [5.41, 5.74) is -0.546. The van der Waals surface area contributed by atoms with Gasteiger partial charge in [0.2, 0.25) is 0 Å². The molecular weight excluding hydrogens is 198 g/mol. The van der Waals surface area contributed by atoms with Crippen LogP contribution in [0.25, 0.3) is 0 Å². The summed E-state index contributed by atoms with van der Waals surface area (Å²) in [6.45, 7) is 5.26. The first-order valence-corrected chi connectivity index (χ1v) is 4.78. The number of rotatable bonds is 4. The maximum Gasteiger partial charge on any atom is 0.433 e. The summed E-state index contributed by atoms with van der Waals surface area (Å²) in [5.74, 6) is -0.847. The lowest BCUT2D eigenvalue weighted by atomic mass is 10.2.